The summed E-state index contributed by atoms with van der Waals surface area (Å²) in [5.74, 6) is -0.497. The first-order valence-electron chi connectivity index (χ1n) is 5.92. The van der Waals surface area contributed by atoms with Crippen molar-refractivity contribution < 1.29 is 14.7 Å². The molecule has 0 bridgehead atoms. The van der Waals surface area contributed by atoms with Gasteiger partial charge in [0.2, 0.25) is 0 Å². The number of nitrogens with zero attached hydrogens (tertiary/aromatic N) is 1. The highest BCUT2D eigenvalue weighted by molar-refractivity contribution is 5.75. The standard InChI is InChI=1S/C11H18N2O3/c14-10(15)7-8-3-5-13(6-4-8)11(16)12-9-1-2-9/h8-9H,1-7H2,(H,12,16)(H,14,15). The van der Waals surface area contributed by atoms with Crippen LogP contribution in [0.15, 0.2) is 0 Å². The first-order valence-corrected chi connectivity index (χ1v) is 5.92. The van der Waals surface area contributed by atoms with Crippen molar-refractivity contribution in [1.82, 2.24) is 10.2 Å². The Hall–Kier alpha value is -1.26. The third-order valence-electron chi connectivity index (χ3n) is 3.27. The smallest absolute Gasteiger partial charge is 0.317 e. The molecule has 0 atom stereocenters. The predicted molar refractivity (Wildman–Crippen MR) is 58.1 cm³/mol. The van der Waals surface area contributed by atoms with Crippen LogP contribution >= 0.6 is 0 Å². The maximum Gasteiger partial charge on any atom is 0.317 e. The number of carboxylic acid groups (broad SMARTS) is 1. The molecule has 0 spiro atoms. The van der Waals surface area contributed by atoms with Crippen LogP contribution < -0.4 is 5.32 Å². The van der Waals surface area contributed by atoms with Crippen LogP contribution in [0.4, 0.5) is 4.79 Å². The number of hydrogen-bond donors (Lipinski definition) is 2. The molecule has 0 aromatic carbocycles. The van der Waals surface area contributed by atoms with Gasteiger partial charge in [0.15, 0.2) is 0 Å². The molecule has 0 aromatic rings. The van der Waals surface area contributed by atoms with Crippen molar-refractivity contribution in [3.63, 3.8) is 0 Å². The summed E-state index contributed by atoms with van der Waals surface area (Å²) < 4.78 is 0. The number of carbonyl (C=O) groups is 2. The van der Waals surface area contributed by atoms with Crippen molar-refractivity contribution in [2.24, 2.45) is 5.92 Å². The fraction of sp³-hybridized carbons (Fsp3) is 0.818. The Morgan fingerprint density at radius 1 is 1.19 bits per heavy atom. The Morgan fingerprint density at radius 3 is 2.31 bits per heavy atom. The fourth-order valence-corrected chi connectivity index (χ4v) is 2.08. The Kier molecular flexibility index (Phi) is 3.31. The van der Waals surface area contributed by atoms with E-state index >= 15 is 0 Å². The number of nitrogens with one attached hydrogen (secondary N) is 1. The van der Waals surface area contributed by atoms with E-state index in [4.69, 9.17) is 5.11 Å². The van der Waals surface area contributed by atoms with Gasteiger partial charge >= 0.3 is 12.0 Å². The zero-order valence-corrected chi connectivity index (χ0v) is 9.32. The zero-order chi connectivity index (χ0) is 11.5. The van der Waals surface area contributed by atoms with Gasteiger partial charge in [-0.25, -0.2) is 4.79 Å². The minimum absolute atomic E-state index is 0.0243. The summed E-state index contributed by atoms with van der Waals surface area (Å²) in [4.78, 5) is 24.0. The van der Waals surface area contributed by atoms with Crippen molar-refractivity contribution in [2.45, 2.75) is 38.1 Å². The number of hydrogen-bond acceptors (Lipinski definition) is 2. The average Bonchev–Trinajstić information content (AvgIpc) is 3.01. The second kappa shape index (κ2) is 4.72. The largest absolute Gasteiger partial charge is 0.481 e. The Balaban J connectivity index is 1.71. The molecule has 1 aliphatic heterocycles. The van der Waals surface area contributed by atoms with Crippen LogP contribution in [0.3, 0.4) is 0 Å². The number of likely N-dealkylation sites (tertiary alicyclic amines) is 1. The number of carbonyl (C=O) groups excluding carboxylic acids is 1. The van der Waals surface area contributed by atoms with E-state index in [-0.39, 0.29) is 18.4 Å². The van der Waals surface area contributed by atoms with Gasteiger partial charge in [0, 0.05) is 25.6 Å². The second-order valence-corrected chi connectivity index (χ2v) is 4.75. The third kappa shape index (κ3) is 3.12. The molecule has 1 saturated heterocycles. The molecule has 2 rings (SSSR count). The van der Waals surface area contributed by atoms with E-state index in [1.165, 1.54) is 0 Å². The Labute approximate surface area is 94.8 Å². The molecule has 2 N–H and O–H groups in total. The lowest BCUT2D eigenvalue weighted by molar-refractivity contribution is -0.138. The first-order chi connectivity index (χ1) is 7.65. The van der Waals surface area contributed by atoms with E-state index < -0.39 is 5.97 Å². The van der Waals surface area contributed by atoms with E-state index in [9.17, 15) is 9.59 Å². The van der Waals surface area contributed by atoms with Crippen LogP contribution in [0.2, 0.25) is 0 Å². The van der Waals surface area contributed by atoms with E-state index in [2.05, 4.69) is 5.32 Å². The molecule has 5 nitrogen and oxygen atoms in total. The highest BCUT2D eigenvalue weighted by Gasteiger charge is 2.28. The lowest BCUT2D eigenvalue weighted by Crippen LogP contribution is -2.45. The van der Waals surface area contributed by atoms with E-state index in [1.807, 2.05) is 0 Å². The zero-order valence-electron chi connectivity index (χ0n) is 9.32. The summed E-state index contributed by atoms with van der Waals surface area (Å²) in [6, 6.07) is 0.417. The topological polar surface area (TPSA) is 69.6 Å². The van der Waals surface area contributed by atoms with E-state index in [1.54, 1.807) is 4.90 Å². The molecule has 2 aliphatic rings. The molecule has 16 heavy (non-hydrogen) atoms. The number of aliphatic carboxylic acids is 1. The van der Waals surface area contributed by atoms with E-state index in [0.717, 1.165) is 25.7 Å². The Morgan fingerprint density at radius 2 is 1.81 bits per heavy atom. The Bertz CT molecular complexity index is 281. The third-order valence-corrected chi connectivity index (χ3v) is 3.27. The maximum absolute atomic E-state index is 11.7. The summed E-state index contributed by atoms with van der Waals surface area (Å²) in [5.41, 5.74) is 0. The number of piperidine rings is 1. The molecule has 0 radical (unpaired) electrons. The van der Waals surface area contributed by atoms with Gasteiger partial charge in [0.05, 0.1) is 0 Å². The SMILES string of the molecule is O=C(O)CC1CCN(C(=O)NC2CC2)CC1. The van der Waals surface area contributed by atoms with Crippen LogP contribution in [0, 0.1) is 5.92 Å². The minimum atomic E-state index is -0.735. The molecule has 0 aromatic heterocycles. The van der Waals surface area contributed by atoms with Gasteiger partial charge in [-0.05, 0) is 31.6 Å². The molecule has 5 heteroatoms. The fourth-order valence-electron chi connectivity index (χ4n) is 2.08. The maximum atomic E-state index is 11.7. The van der Waals surface area contributed by atoms with Crippen molar-refractivity contribution in [3.8, 4) is 0 Å². The number of carboxylic acids is 1. The van der Waals surface area contributed by atoms with Gasteiger partial charge in [-0.15, -0.1) is 0 Å². The lowest BCUT2D eigenvalue weighted by atomic mass is 9.94. The monoisotopic (exact) mass is 226 g/mol. The van der Waals surface area contributed by atoms with E-state index in [0.29, 0.717) is 19.1 Å². The van der Waals surface area contributed by atoms with Crippen molar-refractivity contribution >= 4 is 12.0 Å². The molecule has 1 heterocycles. The van der Waals surface area contributed by atoms with Gasteiger partial charge in [0.25, 0.3) is 0 Å². The molecular weight excluding hydrogens is 208 g/mol. The van der Waals surface area contributed by atoms with Crippen molar-refractivity contribution in [1.29, 1.82) is 0 Å². The lowest BCUT2D eigenvalue weighted by Gasteiger charge is -2.31. The van der Waals surface area contributed by atoms with Gasteiger partial charge < -0.3 is 15.3 Å². The number of amides is 2. The normalized spacial score (nSPS) is 21.9. The quantitative estimate of drug-likeness (QED) is 0.755. The predicted octanol–water partition coefficient (Wildman–Crippen LogP) is 1.05. The van der Waals surface area contributed by atoms with Gasteiger partial charge in [-0.3, -0.25) is 4.79 Å². The van der Waals surface area contributed by atoms with Gasteiger partial charge in [-0.2, -0.15) is 0 Å². The summed E-state index contributed by atoms with van der Waals surface area (Å²) in [5, 5.41) is 11.6. The van der Waals surface area contributed by atoms with Crippen LogP contribution in [0.5, 0.6) is 0 Å². The molecule has 1 saturated carbocycles. The summed E-state index contributed by atoms with van der Waals surface area (Å²) >= 11 is 0. The number of urea groups is 1. The summed E-state index contributed by atoms with van der Waals surface area (Å²) in [6.45, 7) is 1.38. The molecule has 0 unspecified atom stereocenters. The highest BCUT2D eigenvalue weighted by atomic mass is 16.4. The van der Waals surface area contributed by atoms with Crippen LogP contribution in [0.25, 0.3) is 0 Å². The van der Waals surface area contributed by atoms with Gasteiger partial charge in [0.1, 0.15) is 0 Å². The average molecular weight is 226 g/mol. The molecule has 2 amide bonds. The highest BCUT2D eigenvalue weighted by Crippen LogP contribution is 2.22. The van der Waals surface area contributed by atoms with Crippen LogP contribution in [0.1, 0.15) is 32.1 Å². The second-order valence-electron chi connectivity index (χ2n) is 4.75. The summed E-state index contributed by atoms with van der Waals surface area (Å²) in [7, 11) is 0. The van der Waals surface area contributed by atoms with Gasteiger partial charge in [-0.1, -0.05) is 0 Å². The molecule has 2 fully saturated rings. The minimum Gasteiger partial charge on any atom is -0.481 e. The molecule has 1 aliphatic carbocycles. The van der Waals surface area contributed by atoms with Crippen molar-refractivity contribution in [2.75, 3.05) is 13.1 Å². The summed E-state index contributed by atoms with van der Waals surface area (Å²) in [6.07, 6.45) is 4.05. The number of rotatable bonds is 3. The van der Waals surface area contributed by atoms with Crippen LogP contribution in [-0.4, -0.2) is 41.1 Å². The van der Waals surface area contributed by atoms with Crippen LogP contribution in [-0.2, 0) is 4.79 Å². The van der Waals surface area contributed by atoms with Crippen molar-refractivity contribution in [3.05, 3.63) is 0 Å². The molecule has 90 valence electrons. The first kappa shape index (κ1) is 11.2. The molecular formula is C11H18N2O3.